The van der Waals surface area contributed by atoms with Crippen LogP contribution < -0.4 is 5.73 Å². The van der Waals surface area contributed by atoms with Gasteiger partial charge in [-0.05, 0) is 6.42 Å². The van der Waals surface area contributed by atoms with Gasteiger partial charge < -0.3 is 5.73 Å². The Hall–Kier alpha value is -0.250. The fourth-order valence-electron chi connectivity index (χ4n) is 0.475. The van der Waals surface area contributed by atoms with Gasteiger partial charge in [0.05, 0.1) is 0 Å². The van der Waals surface area contributed by atoms with E-state index in [1.54, 1.807) is 6.92 Å². The molecule has 56 valence electrons. The molecule has 0 aliphatic rings. The third-order valence-electron chi connectivity index (χ3n) is 1.02. The summed E-state index contributed by atoms with van der Waals surface area (Å²) in [5.41, 5.74) is 4.74. The van der Waals surface area contributed by atoms with E-state index in [0.717, 1.165) is 0 Å². The van der Waals surface area contributed by atoms with Gasteiger partial charge in [-0.3, -0.25) is 0 Å². The summed E-state index contributed by atoms with van der Waals surface area (Å²) in [6, 6.07) is -1.64. The Kier molecular flexibility index (Phi) is 2.97. The van der Waals surface area contributed by atoms with Gasteiger partial charge in [-0.2, -0.15) is 13.2 Å². The Labute approximate surface area is 52.0 Å². The van der Waals surface area contributed by atoms with Gasteiger partial charge >= 0.3 is 6.18 Å². The first kappa shape index (κ1) is 8.75. The first-order valence-corrected chi connectivity index (χ1v) is 2.80. The van der Waals surface area contributed by atoms with Crippen molar-refractivity contribution in [2.45, 2.75) is 32.0 Å². The molecule has 1 nitrogen and oxygen atoms in total. The van der Waals surface area contributed by atoms with Crippen LogP contribution >= 0.6 is 0 Å². The van der Waals surface area contributed by atoms with Gasteiger partial charge in [-0.15, -0.1) is 0 Å². The second kappa shape index (κ2) is 3.06. The zero-order valence-corrected chi connectivity index (χ0v) is 5.20. The summed E-state index contributed by atoms with van der Waals surface area (Å²) in [4.78, 5) is 0. The highest BCUT2D eigenvalue weighted by Gasteiger charge is 2.35. The van der Waals surface area contributed by atoms with Crippen molar-refractivity contribution in [2.75, 3.05) is 0 Å². The van der Waals surface area contributed by atoms with E-state index in [1.807, 2.05) is 0 Å². The van der Waals surface area contributed by atoms with Crippen LogP contribution in [0.5, 0.6) is 0 Å². The molecule has 0 radical (unpaired) electrons. The lowest BCUT2D eigenvalue weighted by molar-refractivity contribution is -0.148. The molecule has 0 heterocycles. The number of nitrogens with two attached hydrogens (primary N) is 1. The lowest BCUT2D eigenvalue weighted by atomic mass is 10.2. The van der Waals surface area contributed by atoms with Crippen LogP contribution in [0.1, 0.15) is 19.8 Å². The summed E-state index contributed by atoms with van der Waals surface area (Å²) < 4.78 is 34.5. The van der Waals surface area contributed by atoms with Crippen LogP contribution in [0.25, 0.3) is 0 Å². The van der Waals surface area contributed by atoms with Crippen LogP contribution in [0.4, 0.5) is 13.2 Å². The molecule has 0 fully saturated rings. The van der Waals surface area contributed by atoms with Crippen molar-refractivity contribution in [1.29, 1.82) is 0 Å². The minimum atomic E-state index is -4.21. The van der Waals surface area contributed by atoms with Gasteiger partial charge in [0, 0.05) is 0 Å². The molecule has 2 N–H and O–H groups in total. The van der Waals surface area contributed by atoms with Crippen molar-refractivity contribution < 1.29 is 13.2 Å². The summed E-state index contributed by atoms with van der Waals surface area (Å²) in [6.45, 7) is 1.67. The van der Waals surface area contributed by atoms with Gasteiger partial charge in [0.25, 0.3) is 0 Å². The number of halogens is 3. The summed E-state index contributed by atoms with van der Waals surface area (Å²) >= 11 is 0. The summed E-state index contributed by atoms with van der Waals surface area (Å²) in [5.74, 6) is 0. The molecule has 0 saturated carbocycles. The van der Waals surface area contributed by atoms with Crippen LogP contribution in [0.15, 0.2) is 0 Å². The molecule has 0 spiro atoms. The zero-order valence-electron chi connectivity index (χ0n) is 5.20. The molecule has 0 saturated heterocycles. The molecule has 9 heavy (non-hydrogen) atoms. The van der Waals surface area contributed by atoms with Crippen molar-refractivity contribution in [3.05, 3.63) is 0 Å². The Morgan fingerprint density at radius 1 is 1.44 bits per heavy atom. The van der Waals surface area contributed by atoms with E-state index in [9.17, 15) is 13.2 Å². The average Bonchev–Trinajstić information content (AvgIpc) is 1.64. The van der Waals surface area contributed by atoms with Gasteiger partial charge in [-0.25, -0.2) is 0 Å². The Morgan fingerprint density at radius 2 is 1.89 bits per heavy atom. The predicted octanol–water partition coefficient (Wildman–Crippen LogP) is 1.68. The van der Waals surface area contributed by atoms with Crippen LogP contribution in [0, 0.1) is 0 Å². The number of hydrogen-bond acceptors (Lipinski definition) is 1. The molecule has 0 aliphatic carbocycles. The summed E-state index contributed by atoms with van der Waals surface area (Å²) in [7, 11) is 0. The molecule has 1 atom stereocenters. The Balaban J connectivity index is 3.59. The van der Waals surface area contributed by atoms with Crippen LogP contribution in [0.2, 0.25) is 0 Å². The second-order valence-electron chi connectivity index (χ2n) is 1.94. The highest BCUT2D eigenvalue weighted by Crippen LogP contribution is 2.20. The minimum absolute atomic E-state index is 0.0174. The smallest absolute Gasteiger partial charge is 0.320 e. The monoisotopic (exact) mass is 141 g/mol. The topological polar surface area (TPSA) is 26.0 Å². The van der Waals surface area contributed by atoms with Crippen LogP contribution in [-0.4, -0.2) is 12.2 Å². The van der Waals surface area contributed by atoms with Gasteiger partial charge in [0.2, 0.25) is 0 Å². The fourth-order valence-corrected chi connectivity index (χ4v) is 0.475. The Morgan fingerprint density at radius 3 is 2.00 bits per heavy atom. The third kappa shape index (κ3) is 3.35. The number of hydrogen-bond donors (Lipinski definition) is 1. The van der Waals surface area contributed by atoms with Gasteiger partial charge in [0.1, 0.15) is 6.04 Å². The first-order chi connectivity index (χ1) is 3.98. The molecular formula is C5H10F3N. The van der Waals surface area contributed by atoms with E-state index in [2.05, 4.69) is 0 Å². The molecule has 0 aromatic heterocycles. The maximum Gasteiger partial charge on any atom is 0.403 e. The predicted molar refractivity (Wildman–Crippen MR) is 28.9 cm³/mol. The van der Waals surface area contributed by atoms with E-state index < -0.39 is 12.2 Å². The molecule has 0 unspecified atom stereocenters. The van der Waals surface area contributed by atoms with Crippen LogP contribution in [-0.2, 0) is 0 Å². The van der Waals surface area contributed by atoms with Crippen molar-refractivity contribution >= 4 is 0 Å². The SMILES string of the molecule is CCC[C@@H](N)C(F)(F)F. The molecular weight excluding hydrogens is 131 g/mol. The van der Waals surface area contributed by atoms with Gasteiger partial charge in [0.15, 0.2) is 0 Å². The molecule has 0 aliphatic heterocycles. The van der Waals surface area contributed by atoms with Crippen molar-refractivity contribution in [3.63, 3.8) is 0 Å². The van der Waals surface area contributed by atoms with E-state index in [4.69, 9.17) is 5.73 Å². The first-order valence-electron chi connectivity index (χ1n) is 2.80. The third-order valence-corrected chi connectivity index (χ3v) is 1.02. The maximum absolute atomic E-state index is 11.5. The lowest BCUT2D eigenvalue weighted by Crippen LogP contribution is -2.36. The number of alkyl halides is 3. The number of rotatable bonds is 2. The van der Waals surface area contributed by atoms with Crippen LogP contribution in [0.3, 0.4) is 0 Å². The van der Waals surface area contributed by atoms with Gasteiger partial charge in [-0.1, -0.05) is 13.3 Å². The maximum atomic E-state index is 11.5. The molecule has 0 aromatic carbocycles. The zero-order chi connectivity index (χ0) is 7.49. The standard InChI is InChI=1S/C5H10F3N/c1-2-3-4(9)5(6,7)8/h4H,2-3,9H2,1H3/t4-/m1/s1. The largest absolute Gasteiger partial charge is 0.403 e. The fraction of sp³-hybridized carbons (Fsp3) is 1.00. The quantitative estimate of drug-likeness (QED) is 0.622. The molecule has 4 heteroatoms. The van der Waals surface area contributed by atoms with E-state index in [0.29, 0.717) is 6.42 Å². The summed E-state index contributed by atoms with van der Waals surface area (Å²) in [6.07, 6.45) is -3.72. The van der Waals surface area contributed by atoms with E-state index in [-0.39, 0.29) is 6.42 Å². The summed E-state index contributed by atoms with van der Waals surface area (Å²) in [5, 5.41) is 0. The Bertz CT molecular complexity index is 78.8. The molecule has 0 bridgehead atoms. The highest BCUT2D eigenvalue weighted by molar-refractivity contribution is 4.68. The average molecular weight is 141 g/mol. The second-order valence-corrected chi connectivity index (χ2v) is 1.94. The van der Waals surface area contributed by atoms with E-state index in [1.165, 1.54) is 0 Å². The van der Waals surface area contributed by atoms with Crippen molar-refractivity contribution in [1.82, 2.24) is 0 Å². The minimum Gasteiger partial charge on any atom is -0.320 e. The molecule has 0 aromatic rings. The van der Waals surface area contributed by atoms with Crippen molar-refractivity contribution in [3.8, 4) is 0 Å². The normalized spacial score (nSPS) is 15.7. The lowest BCUT2D eigenvalue weighted by Gasteiger charge is -2.13. The van der Waals surface area contributed by atoms with E-state index >= 15 is 0 Å². The molecule has 0 amide bonds. The molecule has 0 rings (SSSR count). The highest BCUT2D eigenvalue weighted by atomic mass is 19.4. The van der Waals surface area contributed by atoms with Crippen molar-refractivity contribution in [2.24, 2.45) is 5.73 Å².